The van der Waals surface area contributed by atoms with Gasteiger partial charge in [-0.3, -0.25) is 4.79 Å². The first-order chi connectivity index (χ1) is 8.30. The highest BCUT2D eigenvalue weighted by molar-refractivity contribution is 7.89. The summed E-state index contributed by atoms with van der Waals surface area (Å²) < 4.78 is 22.1. The largest absolute Gasteiger partial charge is 0.351 e. The zero-order chi connectivity index (χ0) is 13.8. The molecule has 6 nitrogen and oxygen atoms in total. The van der Waals surface area contributed by atoms with Gasteiger partial charge in [0.1, 0.15) is 0 Å². The first kappa shape index (κ1) is 14.6. The fourth-order valence-electron chi connectivity index (χ4n) is 1.29. The minimum atomic E-state index is -3.71. The van der Waals surface area contributed by atoms with Crippen LogP contribution in [0.3, 0.4) is 0 Å². The normalized spacial score (nSPS) is 11.6. The lowest BCUT2D eigenvalue weighted by molar-refractivity contribution is 0.0951. The highest BCUT2D eigenvalue weighted by atomic mass is 32.2. The van der Waals surface area contributed by atoms with Crippen LogP contribution in [0.25, 0.3) is 0 Å². The average molecular weight is 271 g/mol. The molecule has 1 rings (SSSR count). The van der Waals surface area contributed by atoms with Crippen LogP contribution in [-0.2, 0) is 10.0 Å². The molecule has 18 heavy (non-hydrogen) atoms. The molecule has 0 saturated carbocycles. The van der Waals surface area contributed by atoms with Gasteiger partial charge in [-0.15, -0.1) is 0 Å². The van der Waals surface area contributed by atoms with E-state index in [2.05, 4.69) is 5.32 Å². The van der Waals surface area contributed by atoms with E-state index in [0.717, 1.165) is 6.54 Å². The molecule has 0 bridgehead atoms. The molecule has 0 aliphatic rings. The van der Waals surface area contributed by atoms with Crippen LogP contribution in [0.1, 0.15) is 10.4 Å². The fourth-order valence-corrected chi connectivity index (χ4v) is 1.81. The lowest BCUT2D eigenvalue weighted by Gasteiger charge is -2.10. The zero-order valence-corrected chi connectivity index (χ0v) is 11.2. The summed E-state index contributed by atoms with van der Waals surface area (Å²) in [5.74, 6) is -0.238. The van der Waals surface area contributed by atoms with Crippen molar-refractivity contribution in [1.82, 2.24) is 10.2 Å². The molecular formula is C11H17N3O3S. The van der Waals surface area contributed by atoms with Gasteiger partial charge in [0.25, 0.3) is 5.91 Å². The van der Waals surface area contributed by atoms with E-state index in [9.17, 15) is 13.2 Å². The van der Waals surface area contributed by atoms with E-state index in [-0.39, 0.29) is 10.8 Å². The number of benzene rings is 1. The maximum absolute atomic E-state index is 11.7. The van der Waals surface area contributed by atoms with Gasteiger partial charge in [-0.2, -0.15) is 0 Å². The molecule has 0 aliphatic carbocycles. The summed E-state index contributed by atoms with van der Waals surface area (Å²) in [5.41, 5.74) is 0.404. The van der Waals surface area contributed by atoms with Crippen molar-refractivity contribution in [3.05, 3.63) is 29.8 Å². The van der Waals surface area contributed by atoms with Crippen LogP contribution in [0, 0.1) is 0 Å². The summed E-state index contributed by atoms with van der Waals surface area (Å²) in [6.07, 6.45) is 0. The fraction of sp³-hybridized carbons (Fsp3) is 0.364. The molecule has 3 N–H and O–H groups in total. The second-order valence-corrected chi connectivity index (χ2v) is 5.69. The van der Waals surface area contributed by atoms with E-state index >= 15 is 0 Å². The third kappa shape index (κ3) is 4.44. The number of carbonyl (C=O) groups excluding carboxylic acids is 1. The first-order valence-corrected chi connectivity index (χ1v) is 6.91. The number of hydrogen-bond donors (Lipinski definition) is 2. The predicted octanol–water partition coefficient (Wildman–Crippen LogP) is -0.375. The Morgan fingerprint density at radius 3 is 2.28 bits per heavy atom. The van der Waals surface area contributed by atoms with Crippen LogP contribution in [0.2, 0.25) is 0 Å². The molecule has 1 aromatic rings. The summed E-state index contributed by atoms with van der Waals surface area (Å²) >= 11 is 0. The minimum Gasteiger partial charge on any atom is -0.351 e. The molecule has 0 aromatic heterocycles. The van der Waals surface area contributed by atoms with Crippen LogP contribution >= 0.6 is 0 Å². The second-order valence-electron chi connectivity index (χ2n) is 4.13. The van der Waals surface area contributed by atoms with Crippen molar-refractivity contribution < 1.29 is 13.2 Å². The van der Waals surface area contributed by atoms with Crippen molar-refractivity contribution in [1.29, 1.82) is 0 Å². The Hall–Kier alpha value is -1.44. The minimum absolute atomic E-state index is 0.00709. The van der Waals surface area contributed by atoms with Gasteiger partial charge < -0.3 is 10.2 Å². The van der Waals surface area contributed by atoms with Gasteiger partial charge in [0.15, 0.2) is 0 Å². The zero-order valence-electron chi connectivity index (χ0n) is 10.4. The van der Waals surface area contributed by atoms with Gasteiger partial charge >= 0.3 is 0 Å². The molecule has 100 valence electrons. The SMILES string of the molecule is CN(C)CCNC(=O)c1ccc(S(N)(=O)=O)cc1. The maximum Gasteiger partial charge on any atom is 0.251 e. The van der Waals surface area contributed by atoms with Gasteiger partial charge in [-0.05, 0) is 38.4 Å². The number of sulfonamides is 1. The van der Waals surface area contributed by atoms with Crippen molar-refractivity contribution in [2.24, 2.45) is 5.14 Å². The van der Waals surface area contributed by atoms with E-state index in [1.54, 1.807) is 0 Å². The van der Waals surface area contributed by atoms with Crippen molar-refractivity contribution in [3.8, 4) is 0 Å². The number of primary sulfonamides is 1. The van der Waals surface area contributed by atoms with Crippen molar-refractivity contribution in [2.75, 3.05) is 27.2 Å². The Bertz CT molecular complexity index is 509. The van der Waals surface area contributed by atoms with Crippen molar-refractivity contribution >= 4 is 15.9 Å². The monoisotopic (exact) mass is 271 g/mol. The van der Waals surface area contributed by atoms with E-state index in [0.29, 0.717) is 12.1 Å². The summed E-state index contributed by atoms with van der Waals surface area (Å²) in [6.45, 7) is 1.27. The third-order valence-electron chi connectivity index (χ3n) is 2.29. The molecule has 1 amide bonds. The summed E-state index contributed by atoms with van der Waals surface area (Å²) in [4.78, 5) is 13.6. The Balaban J connectivity index is 2.65. The highest BCUT2D eigenvalue weighted by Gasteiger charge is 2.09. The van der Waals surface area contributed by atoms with Crippen LogP contribution in [0.15, 0.2) is 29.2 Å². The van der Waals surface area contributed by atoms with Gasteiger partial charge in [0.2, 0.25) is 10.0 Å². The van der Waals surface area contributed by atoms with E-state index in [4.69, 9.17) is 5.14 Å². The van der Waals surface area contributed by atoms with Gasteiger partial charge in [-0.1, -0.05) is 0 Å². The number of likely N-dealkylation sites (N-methyl/N-ethyl adjacent to an activating group) is 1. The summed E-state index contributed by atoms with van der Waals surface area (Å²) in [7, 11) is 0.108. The number of nitrogens with zero attached hydrogens (tertiary/aromatic N) is 1. The van der Waals surface area contributed by atoms with E-state index in [1.807, 2.05) is 19.0 Å². The quantitative estimate of drug-likeness (QED) is 0.764. The smallest absolute Gasteiger partial charge is 0.251 e. The topological polar surface area (TPSA) is 92.5 Å². The van der Waals surface area contributed by atoms with Crippen molar-refractivity contribution in [3.63, 3.8) is 0 Å². The Kier molecular flexibility index (Phi) is 4.83. The van der Waals surface area contributed by atoms with Crippen LogP contribution in [-0.4, -0.2) is 46.4 Å². The molecule has 0 heterocycles. The van der Waals surface area contributed by atoms with E-state index in [1.165, 1.54) is 24.3 Å². The Labute approximate surface area is 107 Å². The predicted molar refractivity (Wildman–Crippen MR) is 68.7 cm³/mol. The van der Waals surface area contributed by atoms with Crippen LogP contribution in [0.4, 0.5) is 0 Å². The molecule has 0 aliphatic heterocycles. The average Bonchev–Trinajstić information content (AvgIpc) is 2.27. The number of nitrogens with two attached hydrogens (primary N) is 1. The van der Waals surface area contributed by atoms with Crippen molar-refractivity contribution in [2.45, 2.75) is 4.90 Å². The number of rotatable bonds is 5. The number of nitrogens with one attached hydrogen (secondary N) is 1. The second kappa shape index (κ2) is 5.94. The Morgan fingerprint density at radius 2 is 1.83 bits per heavy atom. The molecule has 0 radical (unpaired) electrons. The lowest BCUT2D eigenvalue weighted by Crippen LogP contribution is -2.31. The molecule has 0 unspecified atom stereocenters. The molecular weight excluding hydrogens is 254 g/mol. The molecule has 0 spiro atoms. The van der Waals surface area contributed by atoms with Gasteiger partial charge in [0, 0.05) is 18.7 Å². The Morgan fingerprint density at radius 1 is 1.28 bits per heavy atom. The van der Waals surface area contributed by atoms with Crippen LogP contribution < -0.4 is 10.5 Å². The lowest BCUT2D eigenvalue weighted by atomic mass is 10.2. The summed E-state index contributed by atoms with van der Waals surface area (Å²) in [5, 5.41) is 7.69. The molecule has 0 atom stereocenters. The van der Waals surface area contributed by atoms with E-state index < -0.39 is 10.0 Å². The van der Waals surface area contributed by atoms with Gasteiger partial charge in [0.05, 0.1) is 4.90 Å². The summed E-state index contributed by atoms with van der Waals surface area (Å²) in [6, 6.07) is 5.50. The molecule has 0 saturated heterocycles. The van der Waals surface area contributed by atoms with Crippen LogP contribution in [0.5, 0.6) is 0 Å². The standard InChI is InChI=1S/C11H17N3O3S/c1-14(2)8-7-13-11(15)9-3-5-10(6-4-9)18(12,16)17/h3-6H,7-8H2,1-2H3,(H,13,15)(H2,12,16,17). The number of hydrogen-bond acceptors (Lipinski definition) is 4. The third-order valence-corrected chi connectivity index (χ3v) is 3.22. The highest BCUT2D eigenvalue weighted by Crippen LogP contribution is 2.08. The molecule has 1 aromatic carbocycles. The number of amides is 1. The first-order valence-electron chi connectivity index (χ1n) is 5.36. The molecule has 0 fully saturated rings. The van der Waals surface area contributed by atoms with Gasteiger partial charge in [-0.25, -0.2) is 13.6 Å². The number of carbonyl (C=O) groups is 1. The molecule has 7 heteroatoms. The maximum atomic E-state index is 11.7.